The van der Waals surface area contributed by atoms with E-state index >= 15 is 0 Å². The van der Waals surface area contributed by atoms with Crippen molar-refractivity contribution < 1.29 is 9.59 Å². The average Bonchev–Trinajstić information content (AvgIpc) is 2.97. The fraction of sp³-hybridized carbons (Fsp3) is 0.478. The van der Waals surface area contributed by atoms with Gasteiger partial charge in [-0.1, -0.05) is 31.4 Å². The van der Waals surface area contributed by atoms with Crippen molar-refractivity contribution in [2.24, 2.45) is 0 Å². The highest BCUT2D eigenvalue weighted by Gasteiger charge is 2.23. The van der Waals surface area contributed by atoms with Gasteiger partial charge in [0.05, 0.1) is 16.9 Å². The Balaban J connectivity index is 1.78. The number of hydrogen-bond acceptors (Lipinski definition) is 2. The zero-order valence-corrected chi connectivity index (χ0v) is 17.8. The zero-order chi connectivity index (χ0) is 21.0. The molecule has 6 nitrogen and oxygen atoms in total. The van der Waals surface area contributed by atoms with Gasteiger partial charge in [0.2, 0.25) is 0 Å². The van der Waals surface area contributed by atoms with E-state index in [1.807, 2.05) is 39.0 Å². The van der Waals surface area contributed by atoms with Gasteiger partial charge in [-0.25, -0.2) is 4.79 Å². The van der Waals surface area contributed by atoms with Crippen molar-refractivity contribution in [1.29, 1.82) is 0 Å². The van der Waals surface area contributed by atoms with Crippen molar-refractivity contribution in [2.45, 2.75) is 71.9 Å². The maximum atomic E-state index is 13.0. The number of benzene rings is 1. The van der Waals surface area contributed by atoms with Crippen molar-refractivity contribution in [3.05, 3.63) is 47.3 Å². The standard InChI is InChI=1S/C23H32N4O2/c1-15(2)24-23(29)26-21-13-9-8-12-20(21)25-22(28)19-14-16(3)27(17(19)4)18-10-6-5-7-11-18/h8-9,12-15,18H,5-7,10-11H2,1-4H3,(H,25,28)(H2,24,26,29). The van der Waals surface area contributed by atoms with E-state index in [-0.39, 0.29) is 18.0 Å². The van der Waals surface area contributed by atoms with E-state index in [2.05, 4.69) is 27.4 Å². The molecule has 1 aromatic carbocycles. The Morgan fingerprint density at radius 2 is 1.62 bits per heavy atom. The number of aromatic nitrogens is 1. The maximum absolute atomic E-state index is 13.0. The number of urea groups is 1. The summed E-state index contributed by atoms with van der Waals surface area (Å²) in [5, 5.41) is 8.58. The third-order valence-electron chi connectivity index (χ3n) is 5.51. The van der Waals surface area contributed by atoms with Crippen LogP contribution in [0.5, 0.6) is 0 Å². The second-order valence-electron chi connectivity index (χ2n) is 8.20. The van der Waals surface area contributed by atoms with Gasteiger partial charge in [-0.3, -0.25) is 4.79 Å². The predicted molar refractivity (Wildman–Crippen MR) is 118 cm³/mol. The minimum Gasteiger partial charge on any atom is -0.345 e. The van der Waals surface area contributed by atoms with Crippen LogP contribution in [0, 0.1) is 13.8 Å². The number of anilines is 2. The lowest BCUT2D eigenvalue weighted by Crippen LogP contribution is -2.34. The van der Waals surface area contributed by atoms with Crippen LogP contribution in [-0.4, -0.2) is 22.5 Å². The summed E-state index contributed by atoms with van der Waals surface area (Å²) in [5.41, 5.74) is 3.98. The molecule has 6 heteroatoms. The molecule has 1 aromatic heterocycles. The number of nitrogens with zero attached hydrogens (tertiary/aromatic N) is 1. The number of hydrogen-bond donors (Lipinski definition) is 3. The topological polar surface area (TPSA) is 75.2 Å². The molecule has 0 radical (unpaired) electrons. The fourth-order valence-electron chi connectivity index (χ4n) is 4.22. The molecule has 0 aliphatic heterocycles. The van der Waals surface area contributed by atoms with Crippen LogP contribution in [0.1, 0.15) is 73.7 Å². The third-order valence-corrected chi connectivity index (χ3v) is 5.51. The second kappa shape index (κ2) is 9.16. The zero-order valence-electron chi connectivity index (χ0n) is 17.8. The largest absolute Gasteiger partial charge is 0.345 e. The highest BCUT2D eigenvalue weighted by atomic mass is 16.2. The first-order valence-electron chi connectivity index (χ1n) is 10.5. The first-order chi connectivity index (χ1) is 13.9. The van der Waals surface area contributed by atoms with Crippen LogP contribution < -0.4 is 16.0 Å². The molecule has 3 N–H and O–H groups in total. The summed E-state index contributed by atoms with van der Waals surface area (Å²) in [6, 6.07) is 9.44. The Morgan fingerprint density at radius 1 is 1.00 bits per heavy atom. The molecule has 0 unspecified atom stereocenters. The van der Waals surface area contributed by atoms with E-state index in [9.17, 15) is 9.59 Å². The maximum Gasteiger partial charge on any atom is 0.319 e. The number of rotatable bonds is 5. The van der Waals surface area contributed by atoms with Crippen molar-refractivity contribution in [2.75, 3.05) is 10.6 Å². The molecule has 1 aliphatic rings. The summed E-state index contributed by atoms with van der Waals surface area (Å²) in [7, 11) is 0. The minimum atomic E-state index is -0.294. The highest BCUT2D eigenvalue weighted by Crippen LogP contribution is 2.32. The van der Waals surface area contributed by atoms with Gasteiger partial charge >= 0.3 is 6.03 Å². The molecule has 1 aliphatic carbocycles. The van der Waals surface area contributed by atoms with E-state index in [0.29, 0.717) is 23.0 Å². The van der Waals surface area contributed by atoms with Crippen LogP contribution in [0.2, 0.25) is 0 Å². The first-order valence-corrected chi connectivity index (χ1v) is 10.5. The lowest BCUT2D eigenvalue weighted by atomic mass is 9.95. The number of aryl methyl sites for hydroxylation is 1. The molecule has 0 atom stereocenters. The van der Waals surface area contributed by atoms with Gasteiger partial charge in [-0.05, 0) is 58.7 Å². The number of carbonyl (C=O) groups excluding carboxylic acids is 2. The molecule has 0 saturated heterocycles. The van der Waals surface area contributed by atoms with Gasteiger partial charge in [-0.2, -0.15) is 0 Å². The quantitative estimate of drug-likeness (QED) is 0.633. The number of para-hydroxylation sites is 2. The van der Waals surface area contributed by atoms with Gasteiger partial charge < -0.3 is 20.5 Å². The van der Waals surface area contributed by atoms with Crippen LogP contribution in [0.3, 0.4) is 0 Å². The summed E-state index contributed by atoms with van der Waals surface area (Å²) in [6.45, 7) is 7.89. The van der Waals surface area contributed by atoms with Gasteiger partial charge in [0.1, 0.15) is 0 Å². The Morgan fingerprint density at radius 3 is 2.24 bits per heavy atom. The van der Waals surface area contributed by atoms with Crippen LogP contribution in [0.15, 0.2) is 30.3 Å². The van der Waals surface area contributed by atoms with E-state index in [1.165, 1.54) is 32.1 Å². The summed E-state index contributed by atoms with van der Waals surface area (Å²) >= 11 is 0. The van der Waals surface area contributed by atoms with E-state index < -0.39 is 0 Å². The Bertz CT molecular complexity index is 879. The molecular weight excluding hydrogens is 364 g/mol. The van der Waals surface area contributed by atoms with E-state index in [4.69, 9.17) is 0 Å². The van der Waals surface area contributed by atoms with Gasteiger partial charge in [0.15, 0.2) is 0 Å². The van der Waals surface area contributed by atoms with Crippen molar-refractivity contribution in [1.82, 2.24) is 9.88 Å². The fourth-order valence-corrected chi connectivity index (χ4v) is 4.22. The second-order valence-corrected chi connectivity index (χ2v) is 8.20. The lowest BCUT2D eigenvalue weighted by Gasteiger charge is -2.26. The van der Waals surface area contributed by atoms with Crippen LogP contribution in [0.25, 0.3) is 0 Å². The highest BCUT2D eigenvalue weighted by molar-refractivity contribution is 6.08. The summed E-state index contributed by atoms with van der Waals surface area (Å²) in [5.74, 6) is -0.154. The van der Waals surface area contributed by atoms with Gasteiger partial charge in [0, 0.05) is 23.5 Å². The molecule has 2 aromatic rings. The van der Waals surface area contributed by atoms with Crippen LogP contribution in [-0.2, 0) is 0 Å². The number of amides is 3. The molecule has 3 amide bonds. The Kier molecular flexibility index (Phi) is 6.62. The molecule has 1 fully saturated rings. The normalized spacial score (nSPS) is 14.7. The summed E-state index contributed by atoms with van der Waals surface area (Å²) in [4.78, 5) is 25.1. The average molecular weight is 397 g/mol. The lowest BCUT2D eigenvalue weighted by molar-refractivity contribution is 0.102. The van der Waals surface area contributed by atoms with E-state index in [0.717, 1.165) is 11.4 Å². The van der Waals surface area contributed by atoms with Gasteiger partial charge in [0.25, 0.3) is 5.91 Å². The molecular formula is C23H32N4O2. The number of carbonyl (C=O) groups is 2. The third kappa shape index (κ3) is 5.00. The smallest absolute Gasteiger partial charge is 0.319 e. The minimum absolute atomic E-state index is 0.0296. The monoisotopic (exact) mass is 396 g/mol. The van der Waals surface area contributed by atoms with Gasteiger partial charge in [-0.15, -0.1) is 0 Å². The molecule has 0 bridgehead atoms. The summed E-state index contributed by atoms with van der Waals surface area (Å²) < 4.78 is 2.33. The van der Waals surface area contributed by atoms with Crippen molar-refractivity contribution in [3.63, 3.8) is 0 Å². The van der Waals surface area contributed by atoms with Crippen LogP contribution in [0.4, 0.5) is 16.2 Å². The summed E-state index contributed by atoms with van der Waals surface area (Å²) in [6.07, 6.45) is 6.16. The molecule has 29 heavy (non-hydrogen) atoms. The molecule has 0 spiro atoms. The number of nitrogens with one attached hydrogen (secondary N) is 3. The predicted octanol–water partition coefficient (Wildman–Crippen LogP) is 5.39. The SMILES string of the molecule is Cc1cc(C(=O)Nc2ccccc2NC(=O)NC(C)C)c(C)n1C1CCCCC1. The molecule has 3 rings (SSSR count). The molecule has 1 saturated carbocycles. The molecule has 1 heterocycles. The van der Waals surface area contributed by atoms with Crippen LogP contribution >= 0.6 is 0 Å². The van der Waals surface area contributed by atoms with E-state index in [1.54, 1.807) is 12.1 Å². The van der Waals surface area contributed by atoms with Crippen molar-refractivity contribution >= 4 is 23.3 Å². The molecule has 156 valence electrons. The first kappa shape index (κ1) is 21.0. The Hall–Kier alpha value is -2.76. The Labute approximate surface area is 173 Å². The van der Waals surface area contributed by atoms with Crippen molar-refractivity contribution in [3.8, 4) is 0 Å².